The Morgan fingerprint density at radius 2 is 1.52 bits per heavy atom. The van der Waals surface area contributed by atoms with E-state index in [0.717, 1.165) is 6.42 Å². The summed E-state index contributed by atoms with van der Waals surface area (Å²) in [4.78, 5) is 23.5. The highest BCUT2D eigenvalue weighted by atomic mass is 19.1. The molecule has 0 atom stereocenters. The van der Waals surface area contributed by atoms with Gasteiger partial charge in [-0.25, -0.2) is 4.39 Å². The molecule has 0 aliphatic rings. The van der Waals surface area contributed by atoms with Crippen LogP contribution >= 0.6 is 0 Å². The van der Waals surface area contributed by atoms with Crippen LogP contribution in [-0.2, 0) is 22.4 Å². The third kappa shape index (κ3) is 5.54. The van der Waals surface area contributed by atoms with Gasteiger partial charge in [0.05, 0.1) is 13.0 Å². The summed E-state index contributed by atoms with van der Waals surface area (Å²) in [7, 11) is 0. The fourth-order valence-electron chi connectivity index (χ4n) is 2.06. The van der Waals surface area contributed by atoms with E-state index in [4.69, 9.17) is 0 Å². The highest BCUT2D eigenvalue weighted by molar-refractivity contribution is 5.94. The molecule has 0 bridgehead atoms. The molecule has 2 amide bonds. The van der Waals surface area contributed by atoms with Crippen LogP contribution in [0.3, 0.4) is 0 Å². The van der Waals surface area contributed by atoms with Crippen molar-refractivity contribution < 1.29 is 14.0 Å². The lowest BCUT2D eigenvalue weighted by Gasteiger charge is -2.08. The summed E-state index contributed by atoms with van der Waals surface area (Å²) in [5, 5.41) is 5.26. The minimum absolute atomic E-state index is 0.102. The van der Waals surface area contributed by atoms with Gasteiger partial charge in [0.15, 0.2) is 0 Å². The topological polar surface area (TPSA) is 58.2 Å². The third-order valence-electron chi connectivity index (χ3n) is 3.37. The van der Waals surface area contributed by atoms with Gasteiger partial charge in [-0.1, -0.05) is 31.2 Å². The normalized spacial score (nSPS) is 10.2. The van der Waals surface area contributed by atoms with Crippen molar-refractivity contribution in [3.63, 3.8) is 0 Å². The van der Waals surface area contributed by atoms with Crippen LogP contribution in [0.4, 0.5) is 10.1 Å². The third-order valence-corrected chi connectivity index (χ3v) is 3.37. The largest absolute Gasteiger partial charge is 0.347 e. The molecule has 0 fully saturated rings. The van der Waals surface area contributed by atoms with E-state index < -0.39 is 0 Å². The van der Waals surface area contributed by atoms with Crippen LogP contribution in [-0.4, -0.2) is 18.4 Å². The Hall–Kier alpha value is -2.69. The Labute approximate surface area is 134 Å². The molecule has 0 spiro atoms. The number of hydrogen-bond acceptors (Lipinski definition) is 2. The Kier molecular flexibility index (Phi) is 5.86. The minimum Gasteiger partial charge on any atom is -0.347 e. The number of hydrogen-bond donors (Lipinski definition) is 2. The summed E-state index contributed by atoms with van der Waals surface area (Å²) in [5.41, 5.74) is 2.58. The van der Waals surface area contributed by atoms with Gasteiger partial charge in [0.25, 0.3) is 0 Å². The number of nitrogens with one attached hydrogen (secondary N) is 2. The number of benzene rings is 2. The maximum Gasteiger partial charge on any atom is 0.243 e. The van der Waals surface area contributed by atoms with Gasteiger partial charge in [-0.15, -0.1) is 0 Å². The van der Waals surface area contributed by atoms with E-state index in [-0.39, 0.29) is 30.6 Å². The summed E-state index contributed by atoms with van der Waals surface area (Å²) in [6, 6.07) is 13.2. The molecule has 0 radical (unpaired) electrons. The lowest BCUT2D eigenvalue weighted by molar-refractivity contribution is -0.123. The van der Waals surface area contributed by atoms with Crippen LogP contribution in [0.1, 0.15) is 18.1 Å². The number of carbonyl (C=O) groups excluding carboxylic acids is 2. The fourth-order valence-corrected chi connectivity index (χ4v) is 2.06. The average Bonchev–Trinajstić information content (AvgIpc) is 2.56. The van der Waals surface area contributed by atoms with Crippen molar-refractivity contribution in [1.29, 1.82) is 0 Å². The zero-order chi connectivity index (χ0) is 16.7. The Balaban J connectivity index is 1.76. The Morgan fingerprint density at radius 1 is 0.913 bits per heavy atom. The zero-order valence-electron chi connectivity index (χ0n) is 12.9. The maximum absolute atomic E-state index is 12.8. The number of carbonyl (C=O) groups is 2. The summed E-state index contributed by atoms with van der Waals surface area (Å²) in [6.07, 6.45) is 1.05. The summed E-state index contributed by atoms with van der Waals surface area (Å²) in [6.45, 7) is 1.96. The second kappa shape index (κ2) is 8.08. The predicted octanol–water partition coefficient (Wildman–Crippen LogP) is 2.69. The molecular formula is C18H19FN2O2. The molecule has 2 N–H and O–H groups in total. The van der Waals surface area contributed by atoms with E-state index in [1.807, 2.05) is 24.3 Å². The quantitative estimate of drug-likeness (QED) is 0.861. The van der Waals surface area contributed by atoms with Crippen molar-refractivity contribution in [2.45, 2.75) is 19.8 Å². The summed E-state index contributed by atoms with van der Waals surface area (Å²) < 4.78 is 12.8. The van der Waals surface area contributed by atoms with Crippen LogP contribution in [0.5, 0.6) is 0 Å². The summed E-state index contributed by atoms with van der Waals surface area (Å²) in [5.74, 6) is -0.919. The van der Waals surface area contributed by atoms with Gasteiger partial charge in [0.1, 0.15) is 5.82 Å². The van der Waals surface area contributed by atoms with E-state index >= 15 is 0 Å². The fraction of sp³-hybridized carbons (Fsp3) is 0.222. The molecule has 0 aliphatic carbocycles. The van der Waals surface area contributed by atoms with Gasteiger partial charge in [-0.3, -0.25) is 9.59 Å². The van der Waals surface area contributed by atoms with Crippen LogP contribution in [0.2, 0.25) is 0 Å². The average molecular weight is 314 g/mol. The molecule has 23 heavy (non-hydrogen) atoms. The first-order valence-electron chi connectivity index (χ1n) is 7.46. The van der Waals surface area contributed by atoms with Crippen LogP contribution < -0.4 is 10.6 Å². The van der Waals surface area contributed by atoms with E-state index in [9.17, 15) is 14.0 Å². The molecule has 5 heteroatoms. The van der Waals surface area contributed by atoms with Crippen LogP contribution in [0, 0.1) is 5.82 Å². The maximum atomic E-state index is 12.8. The number of aryl methyl sites for hydroxylation is 1. The molecule has 2 aromatic rings. The predicted molar refractivity (Wildman–Crippen MR) is 87.6 cm³/mol. The Bertz CT molecular complexity index is 666. The molecule has 4 nitrogen and oxygen atoms in total. The molecule has 0 heterocycles. The molecule has 2 rings (SSSR count). The SMILES string of the molecule is CCc1ccc(NC(=O)CNC(=O)Cc2ccc(F)cc2)cc1. The molecule has 0 unspecified atom stereocenters. The van der Waals surface area contributed by atoms with Gasteiger partial charge < -0.3 is 10.6 Å². The number of anilines is 1. The van der Waals surface area contributed by atoms with Crippen molar-refractivity contribution >= 4 is 17.5 Å². The van der Waals surface area contributed by atoms with Crippen molar-refractivity contribution in [3.05, 3.63) is 65.5 Å². The number of rotatable bonds is 6. The lowest BCUT2D eigenvalue weighted by atomic mass is 10.1. The van der Waals surface area contributed by atoms with E-state index in [0.29, 0.717) is 11.3 Å². The standard InChI is InChI=1S/C18H19FN2O2/c1-2-13-5-9-16(10-6-13)21-18(23)12-20-17(22)11-14-3-7-15(19)8-4-14/h3-10H,2,11-12H2,1H3,(H,20,22)(H,21,23). The van der Waals surface area contributed by atoms with E-state index in [1.54, 1.807) is 12.1 Å². The van der Waals surface area contributed by atoms with Crippen LogP contribution in [0.15, 0.2) is 48.5 Å². The van der Waals surface area contributed by atoms with Gasteiger partial charge in [0.2, 0.25) is 11.8 Å². The zero-order valence-corrected chi connectivity index (χ0v) is 12.9. The van der Waals surface area contributed by atoms with Crippen molar-refractivity contribution in [3.8, 4) is 0 Å². The first-order chi connectivity index (χ1) is 11.1. The Morgan fingerprint density at radius 3 is 2.13 bits per heavy atom. The van der Waals surface area contributed by atoms with Gasteiger partial charge in [0, 0.05) is 5.69 Å². The molecule has 0 aliphatic heterocycles. The van der Waals surface area contributed by atoms with Gasteiger partial charge in [-0.2, -0.15) is 0 Å². The molecule has 2 aromatic carbocycles. The van der Waals surface area contributed by atoms with Crippen LogP contribution in [0.25, 0.3) is 0 Å². The molecule has 0 saturated heterocycles. The smallest absolute Gasteiger partial charge is 0.243 e. The van der Waals surface area contributed by atoms with E-state index in [2.05, 4.69) is 17.6 Å². The first-order valence-corrected chi connectivity index (χ1v) is 7.46. The molecular weight excluding hydrogens is 295 g/mol. The van der Waals surface area contributed by atoms with Gasteiger partial charge >= 0.3 is 0 Å². The monoisotopic (exact) mass is 314 g/mol. The van der Waals surface area contributed by atoms with Crippen molar-refractivity contribution in [1.82, 2.24) is 5.32 Å². The summed E-state index contributed by atoms with van der Waals surface area (Å²) >= 11 is 0. The first kappa shape index (κ1) is 16.7. The lowest BCUT2D eigenvalue weighted by Crippen LogP contribution is -2.33. The van der Waals surface area contributed by atoms with E-state index in [1.165, 1.54) is 17.7 Å². The highest BCUT2D eigenvalue weighted by Gasteiger charge is 2.07. The highest BCUT2D eigenvalue weighted by Crippen LogP contribution is 2.09. The van der Waals surface area contributed by atoms with Crippen molar-refractivity contribution in [2.75, 3.05) is 11.9 Å². The van der Waals surface area contributed by atoms with Gasteiger partial charge in [-0.05, 0) is 41.8 Å². The second-order valence-corrected chi connectivity index (χ2v) is 5.18. The number of amides is 2. The molecule has 0 saturated carbocycles. The minimum atomic E-state index is -0.345. The molecule has 120 valence electrons. The number of halogens is 1. The second-order valence-electron chi connectivity index (χ2n) is 5.18. The van der Waals surface area contributed by atoms with Crippen molar-refractivity contribution in [2.24, 2.45) is 0 Å². The molecule has 0 aromatic heterocycles.